The highest BCUT2D eigenvalue weighted by Crippen LogP contribution is 2.35. The first-order valence-corrected chi connectivity index (χ1v) is 17.1. The molecule has 0 unspecified atom stereocenters. The molecule has 5 aromatic carbocycles. The Balaban J connectivity index is 1.35. The van der Waals surface area contributed by atoms with Crippen LogP contribution in [0.25, 0.3) is 0 Å². The number of carbonyl (C=O) groups is 1. The SMILES string of the molecule is Cc1cc(C(N)=O)c(OCc2ccccc2)c(S(=O)(=O)c2ccc(CCN(Cc3ccccc3)C[C@@H](O)c3cccc(Cl)c3)cc2)c1. The lowest BCUT2D eigenvalue weighted by Gasteiger charge is -2.25. The Morgan fingerprint density at radius 3 is 2.15 bits per heavy atom. The number of hydrogen-bond donors (Lipinski definition) is 2. The predicted molar refractivity (Wildman–Crippen MR) is 184 cm³/mol. The lowest BCUT2D eigenvalue weighted by Crippen LogP contribution is -2.30. The first-order chi connectivity index (χ1) is 22.6. The molecule has 47 heavy (non-hydrogen) atoms. The number of aliphatic hydroxyl groups is 1. The lowest BCUT2D eigenvalue weighted by atomic mass is 10.1. The van der Waals surface area contributed by atoms with E-state index in [1.54, 1.807) is 43.3 Å². The highest BCUT2D eigenvalue weighted by atomic mass is 35.5. The molecule has 0 spiro atoms. The number of aryl methyl sites for hydroxylation is 1. The van der Waals surface area contributed by atoms with Crippen LogP contribution in [0.1, 0.15) is 44.3 Å². The Hall–Kier alpha value is -4.47. The van der Waals surface area contributed by atoms with Crippen molar-refractivity contribution >= 4 is 27.3 Å². The number of halogens is 1. The van der Waals surface area contributed by atoms with E-state index in [1.165, 1.54) is 12.1 Å². The minimum atomic E-state index is -4.08. The van der Waals surface area contributed by atoms with Crippen molar-refractivity contribution in [1.29, 1.82) is 0 Å². The van der Waals surface area contributed by atoms with Gasteiger partial charge in [0.1, 0.15) is 11.5 Å². The standard InChI is InChI=1S/C38H37ClN2O5S/c1-27-21-34(38(40)43)37(46-26-30-11-6-3-7-12-30)36(22-27)47(44,45)33-17-15-28(16-18-33)19-20-41(24-29-9-4-2-5-10-29)25-35(42)31-13-8-14-32(39)23-31/h2-18,21-23,35,42H,19-20,24-26H2,1H3,(H2,40,43)/t35-/m1/s1. The van der Waals surface area contributed by atoms with E-state index in [0.717, 1.165) is 22.3 Å². The number of primary amides is 1. The van der Waals surface area contributed by atoms with Crippen LogP contribution in [0.4, 0.5) is 0 Å². The first-order valence-electron chi connectivity index (χ1n) is 15.2. The quantitative estimate of drug-likeness (QED) is 0.133. The van der Waals surface area contributed by atoms with E-state index in [4.69, 9.17) is 22.1 Å². The van der Waals surface area contributed by atoms with Crippen LogP contribution in [0, 0.1) is 6.92 Å². The second-order valence-corrected chi connectivity index (χ2v) is 13.8. The topological polar surface area (TPSA) is 110 Å². The van der Waals surface area contributed by atoms with Gasteiger partial charge in [-0.05, 0) is 77.6 Å². The first kappa shape index (κ1) is 33.9. The maximum Gasteiger partial charge on any atom is 0.252 e. The van der Waals surface area contributed by atoms with E-state index in [9.17, 15) is 18.3 Å². The summed E-state index contributed by atoms with van der Waals surface area (Å²) in [5, 5.41) is 11.6. The van der Waals surface area contributed by atoms with Gasteiger partial charge in [-0.3, -0.25) is 9.69 Å². The normalized spacial score (nSPS) is 12.2. The molecule has 0 saturated carbocycles. The zero-order chi connectivity index (χ0) is 33.4. The zero-order valence-electron chi connectivity index (χ0n) is 26.1. The van der Waals surface area contributed by atoms with E-state index < -0.39 is 21.8 Å². The number of nitrogens with zero attached hydrogens (tertiary/aromatic N) is 1. The minimum Gasteiger partial charge on any atom is -0.487 e. The highest BCUT2D eigenvalue weighted by Gasteiger charge is 2.27. The third kappa shape index (κ3) is 8.87. The maximum absolute atomic E-state index is 14.0. The summed E-state index contributed by atoms with van der Waals surface area (Å²) in [6, 6.07) is 36.3. The van der Waals surface area contributed by atoms with Gasteiger partial charge in [0.25, 0.3) is 5.91 Å². The smallest absolute Gasteiger partial charge is 0.252 e. The van der Waals surface area contributed by atoms with E-state index in [-0.39, 0.29) is 27.7 Å². The third-order valence-electron chi connectivity index (χ3n) is 7.84. The number of hydrogen-bond acceptors (Lipinski definition) is 6. The van der Waals surface area contributed by atoms with Crippen molar-refractivity contribution < 1.29 is 23.1 Å². The van der Waals surface area contributed by atoms with Crippen molar-refractivity contribution in [2.45, 2.75) is 42.4 Å². The number of nitrogens with two attached hydrogens (primary N) is 1. The highest BCUT2D eigenvalue weighted by molar-refractivity contribution is 7.91. The fraction of sp³-hybridized carbons (Fsp3) is 0.184. The Morgan fingerprint density at radius 2 is 1.51 bits per heavy atom. The second-order valence-electron chi connectivity index (χ2n) is 11.5. The summed E-state index contributed by atoms with van der Waals surface area (Å²) in [5.74, 6) is -0.838. The summed E-state index contributed by atoms with van der Waals surface area (Å²) in [6.45, 7) is 3.42. The van der Waals surface area contributed by atoms with Crippen molar-refractivity contribution in [2.75, 3.05) is 13.1 Å². The summed E-state index contributed by atoms with van der Waals surface area (Å²) in [6.07, 6.45) is -0.111. The molecule has 5 rings (SSSR count). The predicted octanol–water partition coefficient (Wildman–Crippen LogP) is 6.94. The summed E-state index contributed by atoms with van der Waals surface area (Å²) >= 11 is 6.16. The van der Waals surface area contributed by atoms with Gasteiger partial charge in [0.05, 0.1) is 16.6 Å². The van der Waals surface area contributed by atoms with Crippen molar-refractivity contribution in [1.82, 2.24) is 4.90 Å². The molecule has 1 atom stereocenters. The van der Waals surface area contributed by atoms with Crippen molar-refractivity contribution in [3.8, 4) is 5.75 Å². The average Bonchev–Trinajstić information content (AvgIpc) is 3.07. The molecule has 9 heteroatoms. The number of ether oxygens (including phenoxy) is 1. The van der Waals surface area contributed by atoms with Crippen molar-refractivity contribution in [3.05, 3.63) is 160 Å². The molecule has 0 fully saturated rings. The van der Waals surface area contributed by atoms with Crippen molar-refractivity contribution in [3.63, 3.8) is 0 Å². The van der Waals surface area contributed by atoms with E-state index in [2.05, 4.69) is 4.90 Å². The third-order valence-corrected chi connectivity index (χ3v) is 9.85. The fourth-order valence-corrected chi connectivity index (χ4v) is 7.09. The molecule has 3 N–H and O–H groups in total. The monoisotopic (exact) mass is 668 g/mol. The average molecular weight is 669 g/mol. The number of aliphatic hydroxyl groups excluding tert-OH is 1. The van der Waals surface area contributed by atoms with Gasteiger partial charge in [-0.1, -0.05) is 96.5 Å². The number of rotatable bonds is 14. The van der Waals surface area contributed by atoms with Gasteiger partial charge in [0.2, 0.25) is 9.84 Å². The molecule has 7 nitrogen and oxygen atoms in total. The molecule has 0 aliphatic heterocycles. The van der Waals surface area contributed by atoms with Gasteiger partial charge in [0.15, 0.2) is 5.75 Å². The van der Waals surface area contributed by atoms with Gasteiger partial charge in [0, 0.05) is 24.7 Å². The molecular formula is C38H37ClN2O5S. The van der Waals surface area contributed by atoms with Crippen LogP contribution in [0.3, 0.4) is 0 Å². The second kappa shape index (κ2) is 15.4. The summed E-state index contributed by atoms with van der Waals surface area (Å²) < 4.78 is 33.9. The van der Waals surface area contributed by atoms with Gasteiger partial charge < -0.3 is 15.6 Å². The van der Waals surface area contributed by atoms with Gasteiger partial charge >= 0.3 is 0 Å². The number of benzene rings is 5. The Kier molecular flexibility index (Phi) is 11.1. The zero-order valence-corrected chi connectivity index (χ0v) is 27.6. The molecule has 0 aromatic heterocycles. The summed E-state index contributed by atoms with van der Waals surface area (Å²) in [5.41, 5.74) is 9.85. The van der Waals surface area contributed by atoms with Crippen LogP contribution in [-0.2, 0) is 29.4 Å². The van der Waals surface area contributed by atoms with Gasteiger partial charge in [-0.2, -0.15) is 0 Å². The Bertz CT molecular complexity index is 1920. The van der Waals surface area contributed by atoms with Crippen LogP contribution >= 0.6 is 11.6 Å². The van der Waals surface area contributed by atoms with E-state index in [0.29, 0.717) is 36.6 Å². The minimum absolute atomic E-state index is 0.00888. The molecule has 0 heterocycles. The maximum atomic E-state index is 14.0. The van der Waals surface area contributed by atoms with Crippen LogP contribution < -0.4 is 10.5 Å². The number of sulfone groups is 1. The lowest BCUT2D eigenvalue weighted by molar-refractivity contribution is 0.0995. The number of amides is 1. The van der Waals surface area contributed by atoms with Gasteiger partial charge in [-0.15, -0.1) is 0 Å². The molecular weight excluding hydrogens is 632 g/mol. The molecule has 0 saturated heterocycles. The molecule has 242 valence electrons. The Morgan fingerprint density at radius 1 is 0.851 bits per heavy atom. The summed E-state index contributed by atoms with van der Waals surface area (Å²) in [7, 11) is -4.08. The molecule has 0 aliphatic rings. The molecule has 5 aromatic rings. The van der Waals surface area contributed by atoms with Crippen LogP contribution in [-0.4, -0.2) is 37.4 Å². The molecule has 0 radical (unpaired) electrons. The Labute approximate surface area is 281 Å². The van der Waals surface area contributed by atoms with Gasteiger partial charge in [-0.25, -0.2) is 8.42 Å². The van der Waals surface area contributed by atoms with E-state index >= 15 is 0 Å². The molecule has 0 bridgehead atoms. The number of carbonyl (C=O) groups excluding carboxylic acids is 1. The van der Waals surface area contributed by atoms with Crippen LogP contribution in [0.5, 0.6) is 5.75 Å². The summed E-state index contributed by atoms with van der Waals surface area (Å²) in [4.78, 5) is 14.5. The van der Waals surface area contributed by atoms with Crippen LogP contribution in [0.2, 0.25) is 5.02 Å². The molecule has 1 amide bonds. The largest absolute Gasteiger partial charge is 0.487 e. The fourth-order valence-electron chi connectivity index (χ4n) is 5.39. The molecule has 0 aliphatic carbocycles. The van der Waals surface area contributed by atoms with E-state index in [1.807, 2.05) is 72.8 Å². The van der Waals surface area contributed by atoms with Crippen LogP contribution in [0.15, 0.2) is 131 Å². The van der Waals surface area contributed by atoms with Crippen molar-refractivity contribution in [2.24, 2.45) is 5.73 Å².